The second-order valence-electron chi connectivity index (χ2n) is 6.50. The summed E-state index contributed by atoms with van der Waals surface area (Å²) in [5.41, 5.74) is 4.32. The number of fused-ring (bicyclic) bond motifs is 2. The predicted octanol–water partition coefficient (Wildman–Crippen LogP) is 5.09. The molecule has 5 aromatic rings. The Hall–Kier alpha value is -2.90. The molecular weight excluding hydrogens is 448 g/mol. The minimum atomic E-state index is -0.0940. The van der Waals surface area contributed by atoms with Crippen LogP contribution in [0.4, 0.5) is 0 Å². The van der Waals surface area contributed by atoms with Crippen molar-refractivity contribution in [3.05, 3.63) is 99.5 Å². The van der Waals surface area contributed by atoms with Crippen molar-refractivity contribution in [3.63, 3.8) is 0 Å². The van der Waals surface area contributed by atoms with Crippen molar-refractivity contribution in [1.29, 1.82) is 0 Å². The van der Waals surface area contributed by atoms with Crippen LogP contribution in [0.3, 0.4) is 0 Å². The second-order valence-corrected chi connectivity index (χ2v) is 8.36. The Kier molecular flexibility index (Phi) is 4.69. The van der Waals surface area contributed by atoms with Crippen LogP contribution in [0.15, 0.2) is 93.4 Å². The maximum atomic E-state index is 12.5. The van der Waals surface area contributed by atoms with E-state index in [0.717, 1.165) is 32.0 Å². The van der Waals surface area contributed by atoms with E-state index in [9.17, 15) is 4.79 Å². The highest BCUT2D eigenvalue weighted by atomic mass is 79.9. The van der Waals surface area contributed by atoms with Gasteiger partial charge in [-0.1, -0.05) is 42.1 Å². The van der Waals surface area contributed by atoms with Gasteiger partial charge in [0.25, 0.3) is 5.56 Å². The number of pyridine rings is 1. The van der Waals surface area contributed by atoms with E-state index in [1.807, 2.05) is 48.5 Å². The Morgan fingerprint density at radius 2 is 1.72 bits per heavy atom. The number of nitrogens with zero attached hydrogens (tertiary/aromatic N) is 4. The molecule has 5 nitrogen and oxygen atoms in total. The zero-order valence-corrected chi connectivity index (χ0v) is 17.6. The van der Waals surface area contributed by atoms with Gasteiger partial charge in [-0.15, -0.1) is 0 Å². The fourth-order valence-electron chi connectivity index (χ4n) is 3.27. The second kappa shape index (κ2) is 7.50. The SMILES string of the molecule is O=c1cc(CSc2nc3ccccc3n2-c2ccccc2)nc2ccc(Br)cn12. The van der Waals surface area contributed by atoms with E-state index in [2.05, 4.69) is 43.7 Å². The lowest BCUT2D eigenvalue weighted by Crippen LogP contribution is -2.15. The van der Waals surface area contributed by atoms with Gasteiger partial charge >= 0.3 is 0 Å². The molecule has 3 aromatic heterocycles. The van der Waals surface area contributed by atoms with E-state index in [1.165, 1.54) is 4.40 Å². The standard InChI is InChI=1S/C22H15BrN4OS/c23-15-10-11-20-24-16(12-21(28)26(20)13-15)14-29-22-25-18-8-4-5-9-19(18)27(22)17-6-2-1-3-7-17/h1-13H,14H2. The van der Waals surface area contributed by atoms with Gasteiger partial charge in [-0.3, -0.25) is 13.8 Å². The first-order chi connectivity index (χ1) is 14.2. The molecular formula is C22H15BrN4OS. The zero-order valence-electron chi connectivity index (χ0n) is 15.2. The van der Waals surface area contributed by atoms with Crippen molar-refractivity contribution in [2.24, 2.45) is 0 Å². The van der Waals surface area contributed by atoms with Crippen LogP contribution >= 0.6 is 27.7 Å². The van der Waals surface area contributed by atoms with Crippen LogP contribution < -0.4 is 5.56 Å². The molecule has 0 radical (unpaired) electrons. The molecule has 0 N–H and O–H groups in total. The summed E-state index contributed by atoms with van der Waals surface area (Å²) in [6.45, 7) is 0. The third-order valence-electron chi connectivity index (χ3n) is 4.57. The van der Waals surface area contributed by atoms with Gasteiger partial charge in [0.1, 0.15) is 5.65 Å². The zero-order chi connectivity index (χ0) is 19.8. The summed E-state index contributed by atoms with van der Waals surface area (Å²) in [4.78, 5) is 21.9. The van der Waals surface area contributed by atoms with E-state index in [4.69, 9.17) is 4.98 Å². The predicted molar refractivity (Wildman–Crippen MR) is 120 cm³/mol. The molecule has 0 saturated carbocycles. The van der Waals surface area contributed by atoms with E-state index in [1.54, 1.807) is 24.0 Å². The quantitative estimate of drug-likeness (QED) is 0.349. The van der Waals surface area contributed by atoms with E-state index >= 15 is 0 Å². The monoisotopic (exact) mass is 462 g/mol. The van der Waals surface area contributed by atoms with Crippen LogP contribution in [0, 0.1) is 0 Å². The number of thioether (sulfide) groups is 1. The van der Waals surface area contributed by atoms with Gasteiger partial charge in [0.15, 0.2) is 5.16 Å². The lowest BCUT2D eigenvalue weighted by Gasteiger charge is -2.09. The minimum absolute atomic E-state index is 0.0940. The highest BCUT2D eigenvalue weighted by molar-refractivity contribution is 9.10. The molecule has 2 aromatic carbocycles. The highest BCUT2D eigenvalue weighted by Crippen LogP contribution is 2.29. The topological polar surface area (TPSA) is 52.2 Å². The van der Waals surface area contributed by atoms with Crippen molar-refractivity contribution in [2.45, 2.75) is 10.9 Å². The van der Waals surface area contributed by atoms with E-state index in [0.29, 0.717) is 11.4 Å². The maximum Gasteiger partial charge on any atom is 0.258 e. The van der Waals surface area contributed by atoms with Gasteiger partial charge in [-0.05, 0) is 52.3 Å². The van der Waals surface area contributed by atoms with E-state index < -0.39 is 0 Å². The minimum Gasteiger partial charge on any atom is -0.287 e. The van der Waals surface area contributed by atoms with Gasteiger partial charge in [-0.25, -0.2) is 9.97 Å². The number of imidazole rings is 1. The highest BCUT2D eigenvalue weighted by Gasteiger charge is 2.13. The number of hydrogen-bond acceptors (Lipinski definition) is 4. The van der Waals surface area contributed by atoms with Crippen molar-refractivity contribution in [2.75, 3.05) is 0 Å². The molecule has 0 aliphatic rings. The summed E-state index contributed by atoms with van der Waals surface area (Å²) in [5.74, 6) is 0.554. The molecule has 142 valence electrons. The lowest BCUT2D eigenvalue weighted by atomic mass is 10.3. The van der Waals surface area contributed by atoms with Crippen LogP contribution in [0.1, 0.15) is 5.69 Å². The average Bonchev–Trinajstić information content (AvgIpc) is 3.12. The fraction of sp³-hybridized carbons (Fsp3) is 0.0455. The third kappa shape index (κ3) is 3.47. The molecule has 7 heteroatoms. The molecule has 0 aliphatic heterocycles. The van der Waals surface area contributed by atoms with Crippen molar-refractivity contribution < 1.29 is 0 Å². The van der Waals surface area contributed by atoms with Crippen LogP contribution in [-0.2, 0) is 5.75 Å². The molecule has 0 bridgehead atoms. The lowest BCUT2D eigenvalue weighted by molar-refractivity contribution is 0.917. The van der Waals surface area contributed by atoms with Crippen LogP contribution in [0.5, 0.6) is 0 Å². The first kappa shape index (κ1) is 18.1. The third-order valence-corrected chi connectivity index (χ3v) is 6.01. The molecule has 3 heterocycles. The van der Waals surface area contributed by atoms with Crippen molar-refractivity contribution in [3.8, 4) is 5.69 Å². The Morgan fingerprint density at radius 1 is 0.931 bits per heavy atom. The first-order valence-electron chi connectivity index (χ1n) is 9.02. The molecule has 0 amide bonds. The molecule has 0 atom stereocenters. The Labute approximate surface area is 179 Å². The fourth-order valence-corrected chi connectivity index (χ4v) is 4.52. The summed E-state index contributed by atoms with van der Waals surface area (Å²) >= 11 is 4.96. The first-order valence-corrected chi connectivity index (χ1v) is 10.8. The van der Waals surface area contributed by atoms with Crippen molar-refractivity contribution >= 4 is 44.4 Å². The number of aromatic nitrogens is 4. The summed E-state index contributed by atoms with van der Waals surface area (Å²) in [7, 11) is 0. The normalized spacial score (nSPS) is 11.3. The number of rotatable bonds is 4. The number of benzene rings is 2. The largest absolute Gasteiger partial charge is 0.287 e. The van der Waals surface area contributed by atoms with Crippen LogP contribution in [-0.4, -0.2) is 18.9 Å². The number of para-hydroxylation sites is 3. The molecule has 29 heavy (non-hydrogen) atoms. The number of hydrogen-bond donors (Lipinski definition) is 0. The van der Waals surface area contributed by atoms with Gasteiger partial charge in [0, 0.05) is 28.2 Å². The molecule has 5 rings (SSSR count). The van der Waals surface area contributed by atoms with E-state index in [-0.39, 0.29) is 5.56 Å². The Morgan fingerprint density at radius 3 is 2.59 bits per heavy atom. The molecule has 0 saturated heterocycles. The molecule has 0 unspecified atom stereocenters. The summed E-state index contributed by atoms with van der Waals surface area (Å²) in [5, 5.41) is 0.871. The van der Waals surface area contributed by atoms with Gasteiger partial charge < -0.3 is 0 Å². The van der Waals surface area contributed by atoms with Gasteiger partial charge in [0.2, 0.25) is 0 Å². The smallest absolute Gasteiger partial charge is 0.258 e. The summed E-state index contributed by atoms with van der Waals surface area (Å²) < 4.78 is 4.52. The van der Waals surface area contributed by atoms with Crippen LogP contribution in [0.2, 0.25) is 0 Å². The molecule has 0 spiro atoms. The average molecular weight is 463 g/mol. The Balaban J connectivity index is 1.54. The maximum absolute atomic E-state index is 12.5. The molecule has 0 fully saturated rings. The van der Waals surface area contributed by atoms with Gasteiger partial charge in [0.05, 0.1) is 16.7 Å². The van der Waals surface area contributed by atoms with Gasteiger partial charge in [-0.2, -0.15) is 0 Å². The van der Waals surface area contributed by atoms with Crippen molar-refractivity contribution in [1.82, 2.24) is 18.9 Å². The summed E-state index contributed by atoms with van der Waals surface area (Å²) in [6, 6.07) is 23.5. The molecule has 0 aliphatic carbocycles. The Bertz CT molecular complexity index is 1390. The summed E-state index contributed by atoms with van der Waals surface area (Å²) in [6.07, 6.45) is 1.73. The van der Waals surface area contributed by atoms with Crippen LogP contribution in [0.25, 0.3) is 22.4 Å². The number of halogens is 1.